The fourth-order valence-electron chi connectivity index (χ4n) is 1.50. The van der Waals surface area contributed by atoms with Crippen LogP contribution in [0.2, 0.25) is 0 Å². The predicted molar refractivity (Wildman–Crippen MR) is 73.0 cm³/mol. The highest BCUT2D eigenvalue weighted by Gasteiger charge is 2.03. The smallest absolute Gasteiger partial charge is 0.0727 e. The summed E-state index contributed by atoms with van der Waals surface area (Å²) < 4.78 is 1.98. The van der Waals surface area contributed by atoms with E-state index in [-0.39, 0.29) is 0 Å². The largest absolute Gasteiger partial charge is 0.399 e. The Hall–Kier alpha value is -1.42. The Morgan fingerprint density at radius 2 is 2.18 bits per heavy atom. The van der Waals surface area contributed by atoms with E-state index in [0.717, 1.165) is 17.1 Å². The number of thioether (sulfide) groups is 1. The van der Waals surface area contributed by atoms with Crippen molar-refractivity contribution in [1.82, 2.24) is 9.78 Å². The Morgan fingerprint density at radius 3 is 2.82 bits per heavy atom. The van der Waals surface area contributed by atoms with E-state index in [4.69, 9.17) is 5.73 Å². The van der Waals surface area contributed by atoms with Gasteiger partial charge in [-0.3, -0.25) is 4.68 Å². The number of aromatic nitrogens is 2. The summed E-state index contributed by atoms with van der Waals surface area (Å²) in [6, 6.07) is 10.4. The number of nitrogens with two attached hydrogens (primary N) is 1. The molecule has 0 spiro atoms. The van der Waals surface area contributed by atoms with Crippen LogP contribution in [0.3, 0.4) is 0 Å². The zero-order valence-electron chi connectivity index (χ0n) is 10.1. The molecule has 0 aliphatic rings. The molecule has 3 nitrogen and oxygen atoms in total. The van der Waals surface area contributed by atoms with E-state index < -0.39 is 0 Å². The van der Waals surface area contributed by atoms with Crippen molar-refractivity contribution < 1.29 is 0 Å². The highest BCUT2D eigenvalue weighted by molar-refractivity contribution is 7.98. The Labute approximate surface area is 106 Å². The molecule has 0 aliphatic carbocycles. The molecule has 1 heterocycles. The van der Waals surface area contributed by atoms with Crippen LogP contribution in [-0.2, 0) is 5.75 Å². The lowest BCUT2D eigenvalue weighted by molar-refractivity contribution is 0.529. The van der Waals surface area contributed by atoms with E-state index in [1.807, 2.05) is 29.1 Å². The molecule has 4 heteroatoms. The molecule has 2 N–H and O–H groups in total. The van der Waals surface area contributed by atoms with Crippen molar-refractivity contribution in [3.8, 4) is 0 Å². The standard InChI is InChI=1S/C13H17N3S/c1-10(2)16-7-6-12(15-16)9-17-13-5-3-4-11(14)8-13/h3-8,10H,9,14H2,1-2H3. The van der Waals surface area contributed by atoms with Gasteiger partial charge >= 0.3 is 0 Å². The van der Waals surface area contributed by atoms with Crippen molar-refractivity contribution >= 4 is 17.4 Å². The van der Waals surface area contributed by atoms with E-state index in [2.05, 4.69) is 31.1 Å². The number of nitrogens with zero attached hydrogens (tertiary/aromatic N) is 2. The topological polar surface area (TPSA) is 43.8 Å². The van der Waals surface area contributed by atoms with Crippen LogP contribution in [-0.4, -0.2) is 9.78 Å². The molecule has 0 amide bonds. The second-order valence-electron chi connectivity index (χ2n) is 4.24. The molecular weight excluding hydrogens is 230 g/mol. The second kappa shape index (κ2) is 5.27. The molecule has 0 radical (unpaired) electrons. The van der Waals surface area contributed by atoms with Gasteiger partial charge in [0.05, 0.1) is 5.69 Å². The maximum Gasteiger partial charge on any atom is 0.0727 e. The molecule has 1 aromatic heterocycles. The van der Waals surface area contributed by atoms with Gasteiger partial charge in [0.25, 0.3) is 0 Å². The van der Waals surface area contributed by atoms with Gasteiger partial charge in [0, 0.05) is 28.6 Å². The molecule has 90 valence electrons. The second-order valence-corrected chi connectivity index (χ2v) is 5.29. The first-order chi connectivity index (χ1) is 8.15. The summed E-state index contributed by atoms with van der Waals surface area (Å²) in [5.74, 6) is 0.878. The molecule has 0 saturated carbocycles. The van der Waals surface area contributed by atoms with Crippen molar-refractivity contribution in [2.75, 3.05) is 5.73 Å². The van der Waals surface area contributed by atoms with Gasteiger partial charge in [-0.25, -0.2) is 0 Å². The zero-order chi connectivity index (χ0) is 12.3. The quantitative estimate of drug-likeness (QED) is 0.665. The zero-order valence-corrected chi connectivity index (χ0v) is 10.9. The van der Waals surface area contributed by atoms with Gasteiger partial charge < -0.3 is 5.73 Å². The van der Waals surface area contributed by atoms with Crippen molar-refractivity contribution in [3.63, 3.8) is 0 Å². The van der Waals surface area contributed by atoms with Crippen LogP contribution in [0.5, 0.6) is 0 Å². The van der Waals surface area contributed by atoms with Crippen molar-refractivity contribution in [2.24, 2.45) is 0 Å². The van der Waals surface area contributed by atoms with Crippen LogP contribution in [0.1, 0.15) is 25.6 Å². The minimum atomic E-state index is 0.418. The third-order valence-corrected chi connectivity index (χ3v) is 3.46. The maximum absolute atomic E-state index is 5.74. The van der Waals surface area contributed by atoms with Gasteiger partial charge in [0.1, 0.15) is 0 Å². The van der Waals surface area contributed by atoms with Gasteiger partial charge in [-0.2, -0.15) is 5.10 Å². The lowest BCUT2D eigenvalue weighted by atomic mass is 10.3. The van der Waals surface area contributed by atoms with Crippen LogP contribution in [0.4, 0.5) is 5.69 Å². The van der Waals surface area contributed by atoms with Gasteiger partial charge in [-0.05, 0) is 38.1 Å². The first-order valence-electron chi connectivity index (χ1n) is 5.67. The summed E-state index contributed by atoms with van der Waals surface area (Å²) in [5.41, 5.74) is 7.65. The fourth-order valence-corrected chi connectivity index (χ4v) is 2.37. The van der Waals surface area contributed by atoms with E-state index >= 15 is 0 Å². The number of hydrogen-bond acceptors (Lipinski definition) is 3. The van der Waals surface area contributed by atoms with Crippen LogP contribution in [0, 0.1) is 0 Å². The molecule has 0 fully saturated rings. The third kappa shape index (κ3) is 3.27. The van der Waals surface area contributed by atoms with E-state index in [0.29, 0.717) is 6.04 Å². The van der Waals surface area contributed by atoms with Gasteiger partial charge in [-0.1, -0.05) is 6.07 Å². The Balaban J connectivity index is 1.97. The SMILES string of the molecule is CC(C)n1ccc(CSc2cccc(N)c2)n1. The molecule has 0 atom stereocenters. The predicted octanol–water partition coefficient (Wildman–Crippen LogP) is 3.34. The fraction of sp³-hybridized carbons (Fsp3) is 0.308. The van der Waals surface area contributed by atoms with Crippen LogP contribution < -0.4 is 5.73 Å². The molecule has 2 aromatic rings. The molecule has 17 heavy (non-hydrogen) atoms. The van der Waals surface area contributed by atoms with Gasteiger partial charge in [0.15, 0.2) is 0 Å². The summed E-state index contributed by atoms with van der Waals surface area (Å²) in [7, 11) is 0. The Kier molecular flexibility index (Phi) is 3.74. The number of nitrogen functional groups attached to an aromatic ring is 1. The summed E-state index contributed by atoms with van der Waals surface area (Å²) in [4.78, 5) is 1.18. The summed E-state index contributed by atoms with van der Waals surface area (Å²) in [5, 5.41) is 4.51. The lowest BCUT2D eigenvalue weighted by Gasteiger charge is -2.04. The number of hydrogen-bond donors (Lipinski definition) is 1. The minimum Gasteiger partial charge on any atom is -0.399 e. The van der Waals surface area contributed by atoms with E-state index in [1.165, 1.54) is 4.90 Å². The summed E-state index contributed by atoms with van der Waals surface area (Å²) >= 11 is 1.76. The van der Waals surface area contributed by atoms with Gasteiger partial charge in [0.2, 0.25) is 0 Å². The van der Waals surface area contributed by atoms with Crippen molar-refractivity contribution in [1.29, 1.82) is 0 Å². The van der Waals surface area contributed by atoms with Crippen LogP contribution in [0.15, 0.2) is 41.4 Å². The lowest BCUT2D eigenvalue weighted by Crippen LogP contribution is -2.01. The summed E-state index contributed by atoms with van der Waals surface area (Å²) in [6.45, 7) is 4.25. The number of anilines is 1. The van der Waals surface area contributed by atoms with E-state index in [9.17, 15) is 0 Å². The van der Waals surface area contributed by atoms with Crippen LogP contribution in [0.25, 0.3) is 0 Å². The monoisotopic (exact) mass is 247 g/mol. The average Bonchev–Trinajstić information content (AvgIpc) is 2.75. The third-order valence-electron chi connectivity index (χ3n) is 2.44. The number of benzene rings is 1. The Bertz CT molecular complexity index is 491. The van der Waals surface area contributed by atoms with Crippen molar-refractivity contribution in [2.45, 2.75) is 30.5 Å². The molecule has 1 aromatic carbocycles. The van der Waals surface area contributed by atoms with Crippen molar-refractivity contribution in [3.05, 3.63) is 42.2 Å². The molecular formula is C13H17N3S. The van der Waals surface area contributed by atoms with Crippen LogP contribution >= 0.6 is 11.8 Å². The van der Waals surface area contributed by atoms with E-state index in [1.54, 1.807) is 11.8 Å². The highest BCUT2D eigenvalue weighted by atomic mass is 32.2. The first kappa shape index (κ1) is 12.0. The molecule has 0 unspecified atom stereocenters. The molecule has 2 rings (SSSR count). The summed E-state index contributed by atoms with van der Waals surface area (Å²) in [6.07, 6.45) is 2.03. The highest BCUT2D eigenvalue weighted by Crippen LogP contribution is 2.23. The molecule has 0 saturated heterocycles. The average molecular weight is 247 g/mol. The minimum absolute atomic E-state index is 0.418. The molecule has 0 bridgehead atoms. The molecule has 0 aliphatic heterocycles. The Morgan fingerprint density at radius 1 is 1.35 bits per heavy atom. The first-order valence-corrected chi connectivity index (χ1v) is 6.66. The maximum atomic E-state index is 5.74. The number of rotatable bonds is 4. The normalized spacial score (nSPS) is 11.0. The van der Waals surface area contributed by atoms with Gasteiger partial charge in [-0.15, -0.1) is 11.8 Å².